The van der Waals surface area contributed by atoms with E-state index in [0.717, 1.165) is 25.1 Å². The van der Waals surface area contributed by atoms with Gasteiger partial charge in [0.25, 0.3) is 0 Å². The van der Waals surface area contributed by atoms with E-state index in [-0.39, 0.29) is 11.8 Å². The molecule has 98 valence electrons. The van der Waals surface area contributed by atoms with Gasteiger partial charge in [-0.1, -0.05) is 17.7 Å². The molecular weight excluding hydrogens is 224 g/mol. The molecule has 0 bridgehead atoms. The minimum atomic E-state index is 0.118. The molecule has 2 atom stereocenters. The van der Waals surface area contributed by atoms with E-state index in [1.165, 1.54) is 5.56 Å². The van der Waals surface area contributed by atoms with E-state index in [1.807, 2.05) is 31.3 Å². The normalized spacial score (nSPS) is 23.7. The van der Waals surface area contributed by atoms with E-state index < -0.39 is 0 Å². The Labute approximate surface area is 109 Å². The first-order valence-corrected chi connectivity index (χ1v) is 6.65. The lowest BCUT2D eigenvalue weighted by Crippen LogP contribution is -2.44. The summed E-state index contributed by atoms with van der Waals surface area (Å²) in [4.78, 5) is 14.2. The molecule has 1 N–H and O–H groups in total. The van der Waals surface area contributed by atoms with Crippen molar-refractivity contribution in [1.82, 2.24) is 5.32 Å². The number of aryl methyl sites for hydroxylation is 1. The molecule has 1 saturated heterocycles. The maximum atomic E-state index is 12.4. The van der Waals surface area contributed by atoms with Crippen molar-refractivity contribution in [1.29, 1.82) is 0 Å². The molecule has 1 aromatic carbocycles. The van der Waals surface area contributed by atoms with Gasteiger partial charge in [-0.2, -0.15) is 0 Å². The predicted octanol–water partition coefficient (Wildman–Crippen LogP) is 2.35. The third-order valence-electron chi connectivity index (χ3n) is 3.76. The molecule has 3 heteroatoms. The fraction of sp³-hybridized carbons (Fsp3) is 0.533. The lowest BCUT2D eigenvalue weighted by atomic mass is 9.94. The standard InChI is InChI=1S/C15H22N2O/c1-11-4-8-14(9-5-11)17(3)15(18)13-7-6-12(2)16-10-13/h4-5,8-9,12-13,16H,6-7,10H2,1-3H3. The Bertz CT molecular complexity index is 405. The van der Waals surface area contributed by atoms with Crippen molar-refractivity contribution < 1.29 is 4.79 Å². The first-order chi connectivity index (χ1) is 8.58. The Morgan fingerprint density at radius 3 is 2.50 bits per heavy atom. The Balaban J connectivity index is 2.02. The molecule has 2 rings (SSSR count). The van der Waals surface area contributed by atoms with Crippen LogP contribution in [-0.2, 0) is 4.79 Å². The highest BCUT2D eigenvalue weighted by atomic mass is 16.2. The van der Waals surface area contributed by atoms with E-state index in [4.69, 9.17) is 0 Å². The number of rotatable bonds is 2. The third kappa shape index (κ3) is 2.91. The second kappa shape index (κ2) is 5.53. The van der Waals surface area contributed by atoms with Crippen LogP contribution in [0.2, 0.25) is 0 Å². The van der Waals surface area contributed by atoms with Crippen molar-refractivity contribution >= 4 is 11.6 Å². The Kier molecular flexibility index (Phi) is 4.02. The summed E-state index contributed by atoms with van der Waals surface area (Å²) in [6.07, 6.45) is 2.07. The summed E-state index contributed by atoms with van der Waals surface area (Å²) in [5, 5.41) is 3.38. The van der Waals surface area contributed by atoms with Crippen molar-refractivity contribution in [2.24, 2.45) is 5.92 Å². The first-order valence-electron chi connectivity index (χ1n) is 6.65. The average Bonchev–Trinajstić information content (AvgIpc) is 2.39. The molecule has 1 amide bonds. The molecule has 0 spiro atoms. The average molecular weight is 246 g/mol. The zero-order valence-electron chi connectivity index (χ0n) is 11.4. The van der Waals surface area contributed by atoms with Crippen molar-refractivity contribution in [3.8, 4) is 0 Å². The molecule has 0 radical (unpaired) electrons. The zero-order valence-corrected chi connectivity index (χ0v) is 11.4. The van der Waals surface area contributed by atoms with Gasteiger partial charge in [0.2, 0.25) is 5.91 Å². The quantitative estimate of drug-likeness (QED) is 0.868. The van der Waals surface area contributed by atoms with Gasteiger partial charge >= 0.3 is 0 Å². The Morgan fingerprint density at radius 1 is 1.28 bits per heavy atom. The summed E-state index contributed by atoms with van der Waals surface area (Å²) >= 11 is 0. The molecule has 0 aliphatic carbocycles. The fourth-order valence-electron chi connectivity index (χ4n) is 2.38. The monoisotopic (exact) mass is 246 g/mol. The van der Waals surface area contributed by atoms with Gasteiger partial charge in [0.1, 0.15) is 0 Å². The number of nitrogens with one attached hydrogen (secondary N) is 1. The number of hydrogen-bond donors (Lipinski definition) is 1. The van der Waals surface area contributed by atoms with Crippen LogP contribution in [0, 0.1) is 12.8 Å². The van der Waals surface area contributed by atoms with E-state index >= 15 is 0 Å². The summed E-state index contributed by atoms with van der Waals surface area (Å²) in [6, 6.07) is 8.64. The summed E-state index contributed by atoms with van der Waals surface area (Å²) in [5.74, 6) is 0.339. The highest BCUT2D eigenvalue weighted by Gasteiger charge is 2.26. The third-order valence-corrected chi connectivity index (χ3v) is 3.76. The second-order valence-corrected chi connectivity index (χ2v) is 5.32. The maximum absolute atomic E-state index is 12.4. The van der Waals surface area contributed by atoms with Crippen LogP contribution in [-0.4, -0.2) is 25.5 Å². The van der Waals surface area contributed by atoms with Crippen molar-refractivity contribution in [3.63, 3.8) is 0 Å². The molecule has 1 aliphatic heterocycles. The smallest absolute Gasteiger partial charge is 0.231 e. The van der Waals surface area contributed by atoms with Crippen molar-refractivity contribution in [2.45, 2.75) is 32.7 Å². The molecule has 1 fully saturated rings. The number of hydrogen-bond acceptors (Lipinski definition) is 2. The van der Waals surface area contributed by atoms with Crippen LogP contribution in [0.15, 0.2) is 24.3 Å². The van der Waals surface area contributed by atoms with Gasteiger partial charge in [-0.3, -0.25) is 4.79 Å². The van der Waals surface area contributed by atoms with E-state index in [2.05, 4.69) is 19.2 Å². The maximum Gasteiger partial charge on any atom is 0.231 e. The highest BCUT2D eigenvalue weighted by Crippen LogP contribution is 2.20. The van der Waals surface area contributed by atoms with Crippen molar-refractivity contribution in [2.75, 3.05) is 18.5 Å². The lowest BCUT2D eigenvalue weighted by molar-refractivity contribution is -0.122. The van der Waals surface area contributed by atoms with Gasteiger partial charge in [-0.25, -0.2) is 0 Å². The summed E-state index contributed by atoms with van der Waals surface area (Å²) in [6.45, 7) is 5.03. The summed E-state index contributed by atoms with van der Waals surface area (Å²) < 4.78 is 0. The summed E-state index contributed by atoms with van der Waals surface area (Å²) in [5.41, 5.74) is 2.19. The predicted molar refractivity (Wildman–Crippen MR) is 74.8 cm³/mol. The Morgan fingerprint density at radius 2 is 1.94 bits per heavy atom. The molecule has 18 heavy (non-hydrogen) atoms. The highest BCUT2D eigenvalue weighted by molar-refractivity contribution is 5.94. The van der Waals surface area contributed by atoms with Crippen LogP contribution in [0.3, 0.4) is 0 Å². The Hall–Kier alpha value is -1.35. The first kappa shape index (κ1) is 13.1. The van der Waals surface area contributed by atoms with Gasteiger partial charge in [0, 0.05) is 25.3 Å². The molecule has 1 aromatic rings. The van der Waals surface area contributed by atoms with E-state index in [9.17, 15) is 4.79 Å². The van der Waals surface area contributed by atoms with Crippen LogP contribution < -0.4 is 10.2 Å². The molecular formula is C15H22N2O. The van der Waals surface area contributed by atoms with E-state index in [0.29, 0.717) is 6.04 Å². The van der Waals surface area contributed by atoms with Gasteiger partial charge < -0.3 is 10.2 Å². The molecule has 1 aliphatic rings. The number of nitrogens with zero attached hydrogens (tertiary/aromatic N) is 1. The zero-order chi connectivity index (χ0) is 13.1. The van der Waals surface area contributed by atoms with Gasteiger partial charge in [0.15, 0.2) is 0 Å². The number of amides is 1. The van der Waals surface area contributed by atoms with Crippen LogP contribution in [0.1, 0.15) is 25.3 Å². The number of carbonyl (C=O) groups excluding carboxylic acids is 1. The molecule has 2 unspecified atom stereocenters. The largest absolute Gasteiger partial charge is 0.315 e. The topological polar surface area (TPSA) is 32.3 Å². The fourth-order valence-corrected chi connectivity index (χ4v) is 2.38. The SMILES string of the molecule is Cc1ccc(N(C)C(=O)C2CCC(C)NC2)cc1. The molecule has 0 saturated carbocycles. The van der Waals surface area contributed by atoms with Crippen molar-refractivity contribution in [3.05, 3.63) is 29.8 Å². The molecule has 3 nitrogen and oxygen atoms in total. The van der Waals surface area contributed by atoms with Gasteiger partial charge in [0.05, 0.1) is 5.92 Å². The number of carbonyl (C=O) groups is 1. The van der Waals surface area contributed by atoms with Gasteiger partial charge in [-0.05, 0) is 38.8 Å². The number of anilines is 1. The molecule has 0 aromatic heterocycles. The number of benzene rings is 1. The number of piperidine rings is 1. The van der Waals surface area contributed by atoms with Crippen LogP contribution in [0.25, 0.3) is 0 Å². The molecule has 1 heterocycles. The van der Waals surface area contributed by atoms with Crippen LogP contribution >= 0.6 is 0 Å². The lowest BCUT2D eigenvalue weighted by Gasteiger charge is -2.30. The van der Waals surface area contributed by atoms with E-state index in [1.54, 1.807) is 4.90 Å². The van der Waals surface area contributed by atoms with Gasteiger partial charge in [-0.15, -0.1) is 0 Å². The summed E-state index contributed by atoms with van der Waals surface area (Å²) in [7, 11) is 1.87. The van der Waals surface area contributed by atoms with Crippen LogP contribution in [0.5, 0.6) is 0 Å². The van der Waals surface area contributed by atoms with Crippen LogP contribution in [0.4, 0.5) is 5.69 Å². The second-order valence-electron chi connectivity index (χ2n) is 5.32. The minimum Gasteiger partial charge on any atom is -0.315 e. The minimum absolute atomic E-state index is 0.118.